The van der Waals surface area contributed by atoms with Gasteiger partial charge in [0.05, 0.1) is 27.0 Å². The lowest BCUT2D eigenvalue weighted by molar-refractivity contribution is 0.259. The zero-order chi connectivity index (χ0) is 22.7. The first-order valence-electron chi connectivity index (χ1n) is 10.8. The highest BCUT2D eigenvalue weighted by Crippen LogP contribution is 2.34. The van der Waals surface area contributed by atoms with Crippen LogP contribution in [0.1, 0.15) is 11.1 Å². The fourth-order valence-corrected chi connectivity index (χ4v) is 4.38. The van der Waals surface area contributed by atoms with Crippen molar-refractivity contribution >= 4 is 16.7 Å². The van der Waals surface area contributed by atoms with Gasteiger partial charge in [0.25, 0.3) is 0 Å². The smallest absolute Gasteiger partial charge is 0.339 e. The van der Waals surface area contributed by atoms with Crippen LogP contribution in [0.3, 0.4) is 0 Å². The van der Waals surface area contributed by atoms with Gasteiger partial charge in [-0.1, -0.05) is 12.1 Å². The third-order valence-corrected chi connectivity index (χ3v) is 6.27. The van der Waals surface area contributed by atoms with E-state index in [1.807, 2.05) is 31.2 Å². The monoisotopic (exact) mass is 438 g/mol. The molecular formula is C25H30N2O5. The van der Waals surface area contributed by atoms with E-state index in [9.17, 15) is 4.79 Å². The van der Waals surface area contributed by atoms with Crippen LogP contribution in [0.5, 0.6) is 17.2 Å². The molecule has 0 aliphatic carbocycles. The molecule has 0 spiro atoms. The van der Waals surface area contributed by atoms with Crippen molar-refractivity contribution in [3.05, 3.63) is 57.9 Å². The molecule has 7 heteroatoms. The summed E-state index contributed by atoms with van der Waals surface area (Å²) in [4.78, 5) is 17.5. The summed E-state index contributed by atoms with van der Waals surface area (Å²) in [6.45, 7) is 6.48. The quantitative estimate of drug-likeness (QED) is 0.523. The van der Waals surface area contributed by atoms with Gasteiger partial charge in [-0.05, 0) is 37.1 Å². The van der Waals surface area contributed by atoms with Crippen LogP contribution in [0.25, 0.3) is 11.0 Å². The van der Waals surface area contributed by atoms with Gasteiger partial charge in [-0.3, -0.25) is 4.90 Å². The molecule has 2 heterocycles. The highest BCUT2D eigenvalue weighted by atomic mass is 16.5. The van der Waals surface area contributed by atoms with E-state index in [4.69, 9.17) is 18.6 Å². The maximum Gasteiger partial charge on any atom is 0.339 e. The average Bonchev–Trinajstić information content (AvgIpc) is 2.83. The Bertz CT molecular complexity index is 1150. The minimum Gasteiger partial charge on any atom is -0.495 e. The minimum atomic E-state index is -0.283. The zero-order valence-electron chi connectivity index (χ0n) is 19.1. The molecule has 7 nitrogen and oxygen atoms in total. The number of rotatable bonds is 7. The van der Waals surface area contributed by atoms with Gasteiger partial charge in [-0.15, -0.1) is 0 Å². The summed E-state index contributed by atoms with van der Waals surface area (Å²) in [6, 6.07) is 11.7. The Morgan fingerprint density at radius 2 is 1.56 bits per heavy atom. The summed E-state index contributed by atoms with van der Waals surface area (Å²) >= 11 is 0. The zero-order valence-corrected chi connectivity index (χ0v) is 19.1. The van der Waals surface area contributed by atoms with Gasteiger partial charge in [0.2, 0.25) is 0 Å². The van der Waals surface area contributed by atoms with E-state index in [1.165, 1.54) is 0 Å². The van der Waals surface area contributed by atoms with Crippen LogP contribution in [-0.2, 0) is 6.42 Å². The van der Waals surface area contributed by atoms with Gasteiger partial charge in [0.1, 0.15) is 11.3 Å². The van der Waals surface area contributed by atoms with Crippen LogP contribution in [0, 0.1) is 6.92 Å². The number of para-hydroxylation sites is 2. The Balaban J connectivity index is 1.46. The minimum absolute atomic E-state index is 0.283. The van der Waals surface area contributed by atoms with Crippen LogP contribution in [0.15, 0.2) is 45.6 Å². The third kappa shape index (κ3) is 4.25. The Hall–Kier alpha value is -3.19. The maximum atomic E-state index is 12.7. The molecule has 4 rings (SSSR count). The molecule has 0 N–H and O–H groups in total. The SMILES string of the molecule is COc1cc2oc(=O)c(CCN3CCN(c4ccccc4OC)CC3)c(C)c2cc1OC. The number of fused-ring (bicyclic) bond motifs is 1. The summed E-state index contributed by atoms with van der Waals surface area (Å²) in [7, 11) is 4.87. The molecule has 1 aliphatic heterocycles. The van der Waals surface area contributed by atoms with Crippen LogP contribution < -0.4 is 24.7 Å². The predicted molar refractivity (Wildman–Crippen MR) is 126 cm³/mol. The lowest BCUT2D eigenvalue weighted by Gasteiger charge is -2.36. The van der Waals surface area contributed by atoms with E-state index >= 15 is 0 Å². The molecule has 1 aliphatic rings. The van der Waals surface area contributed by atoms with Crippen molar-refractivity contribution in [2.75, 3.05) is 59.0 Å². The first-order chi connectivity index (χ1) is 15.5. The lowest BCUT2D eigenvalue weighted by Crippen LogP contribution is -2.47. The fraction of sp³-hybridized carbons (Fsp3) is 0.400. The molecule has 1 fully saturated rings. The molecule has 0 amide bonds. The number of ether oxygens (including phenoxy) is 3. The first-order valence-corrected chi connectivity index (χ1v) is 10.8. The molecule has 2 aromatic carbocycles. The molecule has 0 atom stereocenters. The van der Waals surface area contributed by atoms with Crippen molar-refractivity contribution in [1.82, 2.24) is 4.90 Å². The summed E-state index contributed by atoms with van der Waals surface area (Å²) < 4.78 is 21.9. The molecule has 0 saturated carbocycles. The predicted octanol–water partition coefficient (Wildman–Crippen LogP) is 3.49. The Labute approximate surface area is 188 Å². The molecule has 1 aromatic heterocycles. The Morgan fingerprint density at radius 3 is 2.25 bits per heavy atom. The van der Waals surface area contributed by atoms with Crippen LogP contribution in [0.2, 0.25) is 0 Å². The molecule has 0 radical (unpaired) electrons. The van der Waals surface area contributed by atoms with Gasteiger partial charge in [-0.2, -0.15) is 0 Å². The van der Waals surface area contributed by atoms with Crippen molar-refractivity contribution in [3.8, 4) is 17.2 Å². The normalized spacial score (nSPS) is 14.6. The molecule has 0 bridgehead atoms. The number of benzene rings is 2. The topological polar surface area (TPSA) is 64.4 Å². The van der Waals surface area contributed by atoms with Gasteiger partial charge < -0.3 is 23.5 Å². The van der Waals surface area contributed by atoms with E-state index in [0.717, 1.165) is 60.7 Å². The lowest BCUT2D eigenvalue weighted by atomic mass is 10.0. The Morgan fingerprint density at radius 1 is 0.906 bits per heavy atom. The molecule has 170 valence electrons. The number of methoxy groups -OCH3 is 3. The van der Waals surface area contributed by atoms with Crippen molar-refractivity contribution in [2.24, 2.45) is 0 Å². The van der Waals surface area contributed by atoms with Crippen LogP contribution in [-0.4, -0.2) is 59.0 Å². The van der Waals surface area contributed by atoms with Crippen LogP contribution >= 0.6 is 0 Å². The maximum absolute atomic E-state index is 12.7. The van der Waals surface area contributed by atoms with E-state index in [1.54, 1.807) is 27.4 Å². The summed E-state index contributed by atoms with van der Waals surface area (Å²) in [5.41, 5.74) is 3.01. The second-order valence-corrected chi connectivity index (χ2v) is 7.95. The number of hydrogen-bond acceptors (Lipinski definition) is 7. The highest BCUT2D eigenvalue weighted by molar-refractivity contribution is 5.84. The largest absolute Gasteiger partial charge is 0.495 e. The van der Waals surface area contributed by atoms with Crippen molar-refractivity contribution < 1.29 is 18.6 Å². The van der Waals surface area contributed by atoms with E-state index in [-0.39, 0.29) is 5.63 Å². The summed E-state index contributed by atoms with van der Waals surface area (Å²) in [5, 5.41) is 0.873. The number of anilines is 1. The van der Waals surface area contributed by atoms with Gasteiger partial charge >= 0.3 is 5.63 Å². The van der Waals surface area contributed by atoms with Crippen molar-refractivity contribution in [1.29, 1.82) is 0 Å². The van der Waals surface area contributed by atoms with Crippen molar-refractivity contribution in [2.45, 2.75) is 13.3 Å². The molecule has 3 aromatic rings. The molecule has 32 heavy (non-hydrogen) atoms. The standard InChI is InChI=1S/C25H30N2O5/c1-17-18(25(28)32-22-16-24(31-4)23(30-3)15-19(17)22)9-10-26-11-13-27(14-12-26)20-7-5-6-8-21(20)29-2/h5-8,15-16H,9-14H2,1-4H3. The average molecular weight is 439 g/mol. The van der Waals surface area contributed by atoms with Gasteiger partial charge in [-0.25, -0.2) is 4.79 Å². The number of piperazine rings is 1. The molecule has 0 unspecified atom stereocenters. The first kappa shape index (κ1) is 22.0. The number of nitrogens with zero attached hydrogens (tertiary/aromatic N) is 2. The van der Waals surface area contributed by atoms with Gasteiger partial charge in [0.15, 0.2) is 11.5 Å². The van der Waals surface area contributed by atoms with E-state index in [0.29, 0.717) is 23.5 Å². The molecular weight excluding hydrogens is 408 g/mol. The van der Waals surface area contributed by atoms with E-state index in [2.05, 4.69) is 15.9 Å². The summed E-state index contributed by atoms with van der Waals surface area (Å²) in [5.74, 6) is 2.07. The van der Waals surface area contributed by atoms with E-state index < -0.39 is 0 Å². The second kappa shape index (κ2) is 9.53. The van der Waals surface area contributed by atoms with Crippen LogP contribution in [0.4, 0.5) is 5.69 Å². The number of hydrogen-bond donors (Lipinski definition) is 0. The fourth-order valence-electron chi connectivity index (χ4n) is 4.38. The second-order valence-electron chi connectivity index (χ2n) is 7.95. The van der Waals surface area contributed by atoms with Gasteiger partial charge in [0, 0.05) is 49.7 Å². The molecule has 1 saturated heterocycles. The summed E-state index contributed by atoms with van der Waals surface area (Å²) in [6.07, 6.45) is 0.646. The van der Waals surface area contributed by atoms with Crippen molar-refractivity contribution in [3.63, 3.8) is 0 Å². The Kier molecular flexibility index (Phi) is 6.55. The highest BCUT2D eigenvalue weighted by Gasteiger charge is 2.21. The third-order valence-electron chi connectivity index (χ3n) is 6.27. The number of aryl methyl sites for hydroxylation is 1.